The van der Waals surface area contributed by atoms with Gasteiger partial charge in [0.2, 0.25) is 17.2 Å². The molecule has 15 rings (SSSR count). The second-order valence-electron chi connectivity index (χ2n) is 25.8. The number of ether oxygens (including phenoxy) is 6. The highest BCUT2D eigenvalue weighted by Gasteiger charge is 2.42. The highest BCUT2D eigenvalue weighted by Crippen LogP contribution is 2.47. The van der Waals surface area contributed by atoms with Crippen LogP contribution in [0.5, 0.6) is 34.5 Å². The van der Waals surface area contributed by atoms with Gasteiger partial charge in [-0.15, -0.1) is 0 Å². The maximum Gasteiger partial charge on any atom is 0.330 e. The van der Waals surface area contributed by atoms with Gasteiger partial charge in [-0.05, 0) is 110 Å². The van der Waals surface area contributed by atoms with Gasteiger partial charge in [0.15, 0.2) is 5.78 Å². The summed E-state index contributed by atoms with van der Waals surface area (Å²) in [5.74, 6) is 6.58. The summed E-state index contributed by atoms with van der Waals surface area (Å²) in [5.41, 5.74) is 24.8. The van der Waals surface area contributed by atoms with E-state index in [2.05, 4.69) is 37.1 Å². The van der Waals surface area contributed by atoms with E-state index in [4.69, 9.17) is 102 Å². The smallest absolute Gasteiger partial charge is 0.330 e. The van der Waals surface area contributed by atoms with Crippen molar-refractivity contribution in [2.24, 2.45) is 17.8 Å². The Hall–Kier alpha value is -11.3. The van der Waals surface area contributed by atoms with E-state index in [1.54, 1.807) is 124 Å². The SMILES string of the molecule is C.C=CC(=O)Cc1ccccc1Nc1ncc2c(n1)N(CC1CC1)C(=O)N(c1cc(OC)cc(OC)c1Cl)C2.COc1cc(OC)c(Cl)c(N2Cc3cnc(Cl)nc3N(CC3CC3)C2=O)c1.COc1cc(OC)c(Cl)c(N2Cc3cnc(Nc4ccccc4N)nc3N(CC3CC3)C2=O)c1.Nc1ccccc1N. The first-order valence-electron chi connectivity index (χ1n) is 34.2. The molecule has 3 aromatic heterocycles. The van der Waals surface area contributed by atoms with Crippen LogP contribution in [0.15, 0.2) is 140 Å². The van der Waals surface area contributed by atoms with E-state index in [0.717, 1.165) is 66.5 Å². The van der Waals surface area contributed by atoms with Gasteiger partial charge in [0, 0.05) is 103 Å². The average molecular weight is 1550 g/mol. The molecule has 0 unspecified atom stereocenters. The van der Waals surface area contributed by atoms with Crippen molar-refractivity contribution < 1.29 is 47.6 Å². The number of amides is 6. The van der Waals surface area contributed by atoms with Crippen molar-refractivity contribution in [2.75, 3.05) is 120 Å². The van der Waals surface area contributed by atoms with Crippen LogP contribution in [0.25, 0.3) is 0 Å². The number of nitrogens with zero attached hydrogens (tertiary/aromatic N) is 12. The maximum absolute atomic E-state index is 13.9. The summed E-state index contributed by atoms with van der Waals surface area (Å²) in [4.78, 5) is 89.6. The number of aromatic nitrogens is 6. The summed E-state index contributed by atoms with van der Waals surface area (Å²) in [7, 11) is 9.22. The molecule has 0 spiro atoms. The molecule has 31 heteroatoms. The fourth-order valence-corrected chi connectivity index (χ4v) is 13.0. The number of ketones is 1. The molecular formula is C77H83Cl4N17O10. The molecule has 3 fully saturated rings. The zero-order valence-corrected chi connectivity index (χ0v) is 62.5. The lowest BCUT2D eigenvalue weighted by molar-refractivity contribution is -0.114. The Morgan fingerprint density at radius 3 is 1.18 bits per heavy atom. The summed E-state index contributed by atoms with van der Waals surface area (Å²) in [5, 5.41) is 7.50. The molecule has 6 amide bonds. The second kappa shape index (κ2) is 34.5. The lowest BCUT2D eigenvalue weighted by Gasteiger charge is -2.36. The van der Waals surface area contributed by atoms with Crippen LogP contribution >= 0.6 is 46.4 Å². The van der Waals surface area contributed by atoms with Crippen molar-refractivity contribution in [3.63, 3.8) is 0 Å². The molecule has 108 heavy (non-hydrogen) atoms. The summed E-state index contributed by atoms with van der Waals surface area (Å²) >= 11 is 25.7. The summed E-state index contributed by atoms with van der Waals surface area (Å²) in [6.45, 7) is 6.04. The number of nitrogens with two attached hydrogens (primary N) is 3. The predicted molar refractivity (Wildman–Crippen MR) is 424 cm³/mol. The number of benzene rings is 6. The molecule has 6 heterocycles. The summed E-state index contributed by atoms with van der Waals surface area (Å²) in [6.07, 6.45) is 13.1. The van der Waals surface area contributed by atoms with Gasteiger partial charge in [0.05, 0.1) is 102 Å². The van der Waals surface area contributed by atoms with Crippen molar-refractivity contribution >= 4 is 145 Å². The molecule has 564 valence electrons. The minimum Gasteiger partial charge on any atom is -0.497 e. The fraction of sp³-hybridized carbons (Fsp3) is 0.299. The molecule has 3 saturated carbocycles. The van der Waals surface area contributed by atoms with Gasteiger partial charge >= 0.3 is 18.1 Å². The molecule has 0 atom stereocenters. The molecule has 0 bridgehead atoms. The number of anilines is 13. The van der Waals surface area contributed by atoms with E-state index in [1.807, 2.05) is 54.6 Å². The Bertz CT molecular complexity index is 4820. The van der Waals surface area contributed by atoms with Crippen LogP contribution in [-0.4, -0.2) is 116 Å². The first-order chi connectivity index (χ1) is 51.7. The van der Waals surface area contributed by atoms with E-state index in [1.165, 1.54) is 27.4 Å². The van der Waals surface area contributed by atoms with Crippen LogP contribution in [0.1, 0.15) is 68.2 Å². The van der Waals surface area contributed by atoms with E-state index in [-0.39, 0.29) is 62.6 Å². The third kappa shape index (κ3) is 17.9. The number of fused-ring (bicyclic) bond motifs is 3. The van der Waals surface area contributed by atoms with E-state index >= 15 is 0 Å². The molecule has 27 nitrogen and oxygen atoms in total. The molecule has 8 N–H and O–H groups in total. The van der Waals surface area contributed by atoms with Gasteiger partial charge < -0.3 is 56.3 Å². The van der Waals surface area contributed by atoms with Crippen molar-refractivity contribution in [1.82, 2.24) is 29.9 Å². The average Bonchev–Trinajstić information content (AvgIpc) is 1.76. The molecule has 9 aromatic rings. The van der Waals surface area contributed by atoms with Crippen LogP contribution < -0.4 is 85.7 Å². The number of rotatable bonds is 22. The van der Waals surface area contributed by atoms with Gasteiger partial charge in [-0.1, -0.05) is 91.3 Å². The standard InChI is InChI=1S/C28H28ClN5O4.C24H25ClN6O3.C18H18Cl2N4O3.C6H8N2.CH4/c1-4-20(35)11-18-7-5-6-8-22(18)31-27-30-14-19-16-33(23-12-21(37-2)13-24(38-3)25(23)29)28(36)34(26(19)32-27)15-17-9-10-17;1-33-16-9-19(21(25)20(10-16)34-2)30-13-15-11-27-23(28-18-6-4-3-5-17(18)26)29-22(15)31(24(30)32)12-14-7-8-14;1-26-12-5-13(15(19)14(6-12)27-2)23-9-11-7-21-17(20)22-16(11)24(18(23)25)8-10-3-4-10;7-5-3-1-2-4-6(5)8;/h4-8,12-14,17H,1,9-11,15-16H2,2-3H3,(H,30,31,32);3-6,9-11,14H,7-8,12-13,26H2,1-2H3,(H,27,28,29);5-7,10H,3-4,8-9H2,1-2H3;1-4H,7-8H2;1H4. The number of nitrogen functional groups attached to an aromatic ring is 3. The van der Waals surface area contributed by atoms with Gasteiger partial charge in [-0.3, -0.25) is 34.2 Å². The third-order valence-electron chi connectivity index (χ3n) is 18.3. The topological polar surface area (TPSA) is 323 Å². The highest BCUT2D eigenvalue weighted by atomic mass is 35.5. The molecule has 6 aliphatic rings. The van der Waals surface area contributed by atoms with E-state index in [0.29, 0.717) is 156 Å². The van der Waals surface area contributed by atoms with Crippen molar-refractivity contribution in [3.05, 3.63) is 183 Å². The molecule has 0 radical (unpaired) electrons. The molecular weight excluding hydrogens is 1460 g/mol. The van der Waals surface area contributed by atoms with Crippen LogP contribution in [-0.2, 0) is 30.8 Å². The number of urea groups is 3. The Kier molecular flexibility index (Phi) is 24.9. The number of methoxy groups -OCH3 is 6. The molecule has 3 aliphatic heterocycles. The normalized spacial score (nSPS) is 14.7. The van der Waals surface area contributed by atoms with E-state index < -0.39 is 0 Å². The lowest BCUT2D eigenvalue weighted by Crippen LogP contribution is -2.49. The molecule has 3 aliphatic carbocycles. The number of allylic oxidation sites excluding steroid dienone is 1. The van der Waals surface area contributed by atoms with Gasteiger partial charge in [0.1, 0.15) is 67.0 Å². The Balaban J connectivity index is 0.000000154. The lowest BCUT2D eigenvalue weighted by atomic mass is 10.1. The largest absolute Gasteiger partial charge is 0.497 e. The van der Waals surface area contributed by atoms with Crippen molar-refractivity contribution in [3.8, 4) is 34.5 Å². The van der Waals surface area contributed by atoms with Crippen LogP contribution in [0.4, 0.5) is 89.2 Å². The Labute approximate surface area is 645 Å². The fourth-order valence-electron chi connectivity index (χ4n) is 12.0. The number of carbonyl (C=O) groups excluding carboxylic acids is 4. The number of nitrogens with one attached hydrogen (secondary N) is 2. The first kappa shape index (κ1) is 77.8. The Morgan fingerprint density at radius 1 is 0.481 bits per heavy atom. The maximum atomic E-state index is 13.9. The first-order valence-corrected chi connectivity index (χ1v) is 35.7. The van der Waals surface area contributed by atoms with Crippen LogP contribution in [0, 0.1) is 17.8 Å². The highest BCUT2D eigenvalue weighted by molar-refractivity contribution is 6.37. The van der Waals surface area contributed by atoms with Crippen LogP contribution in [0.3, 0.4) is 0 Å². The quantitative estimate of drug-likeness (QED) is 0.0239. The monoisotopic (exact) mass is 1550 g/mol. The number of halogens is 4. The zero-order valence-electron chi connectivity index (χ0n) is 59.5. The molecule has 0 saturated heterocycles. The number of hydrogen-bond acceptors (Lipinski definition) is 21. The van der Waals surface area contributed by atoms with Crippen molar-refractivity contribution in [1.29, 1.82) is 0 Å². The number of hydrogen-bond donors (Lipinski definition) is 5. The zero-order chi connectivity index (χ0) is 75.7. The van der Waals surface area contributed by atoms with Gasteiger partial charge in [0.25, 0.3) is 0 Å². The minimum absolute atomic E-state index is 0. The van der Waals surface area contributed by atoms with Gasteiger partial charge in [-0.25, -0.2) is 29.3 Å². The summed E-state index contributed by atoms with van der Waals surface area (Å²) < 4.78 is 32.3. The van der Waals surface area contributed by atoms with Crippen LogP contribution in [0.2, 0.25) is 20.4 Å². The second-order valence-corrected chi connectivity index (χ2v) is 27.3. The third-order valence-corrected chi connectivity index (χ3v) is 19.6. The number of carbonyl (C=O) groups is 4. The Morgan fingerprint density at radius 2 is 0.824 bits per heavy atom. The molecule has 6 aromatic carbocycles. The predicted octanol–water partition coefficient (Wildman–Crippen LogP) is 16.0. The van der Waals surface area contributed by atoms with Gasteiger partial charge in [-0.2, -0.15) is 15.0 Å². The number of para-hydroxylation sites is 5. The summed E-state index contributed by atoms with van der Waals surface area (Å²) in [6, 6.07) is 31.7. The minimum atomic E-state index is -0.233. The van der Waals surface area contributed by atoms with E-state index in [9.17, 15) is 19.2 Å². The van der Waals surface area contributed by atoms with Crippen molar-refractivity contribution in [2.45, 2.75) is 72.0 Å².